The minimum atomic E-state index is -0.852. The summed E-state index contributed by atoms with van der Waals surface area (Å²) < 4.78 is 1.94. The van der Waals surface area contributed by atoms with E-state index in [0.29, 0.717) is 13.0 Å². The van der Waals surface area contributed by atoms with Gasteiger partial charge in [0.15, 0.2) is 0 Å². The van der Waals surface area contributed by atoms with E-state index in [1.807, 2.05) is 10.8 Å². The van der Waals surface area contributed by atoms with E-state index in [4.69, 9.17) is 5.11 Å². The number of nitrogens with zero attached hydrogens (tertiary/aromatic N) is 2. The lowest BCUT2D eigenvalue weighted by atomic mass is 10.2. The molecular weight excluding hydrogens is 248 g/mol. The molecule has 1 heterocycles. The van der Waals surface area contributed by atoms with Crippen molar-refractivity contribution in [3.63, 3.8) is 0 Å². The number of imidazole rings is 1. The maximum atomic E-state index is 11.5. The van der Waals surface area contributed by atoms with Crippen LogP contribution < -0.4 is 10.6 Å². The van der Waals surface area contributed by atoms with Crippen LogP contribution in [0.25, 0.3) is 0 Å². The summed E-state index contributed by atoms with van der Waals surface area (Å²) in [4.78, 5) is 25.8. The van der Waals surface area contributed by atoms with E-state index in [-0.39, 0.29) is 18.5 Å². The Balaban J connectivity index is 2.05. The summed E-state index contributed by atoms with van der Waals surface area (Å²) in [5.74, 6) is -0.852. The molecule has 2 amide bonds. The third-order valence-electron chi connectivity index (χ3n) is 2.61. The van der Waals surface area contributed by atoms with Gasteiger partial charge >= 0.3 is 12.0 Å². The number of carboxylic acid groups (broad SMARTS) is 1. The van der Waals surface area contributed by atoms with Crippen molar-refractivity contribution in [3.05, 3.63) is 18.7 Å². The molecule has 0 aliphatic carbocycles. The third kappa shape index (κ3) is 7.07. The van der Waals surface area contributed by atoms with Gasteiger partial charge in [-0.1, -0.05) is 0 Å². The topological polar surface area (TPSA) is 96.3 Å². The Morgan fingerprint density at radius 3 is 2.89 bits per heavy atom. The van der Waals surface area contributed by atoms with Crippen LogP contribution in [0.3, 0.4) is 0 Å². The Bertz CT molecular complexity index is 392. The summed E-state index contributed by atoms with van der Waals surface area (Å²) >= 11 is 0. The van der Waals surface area contributed by atoms with E-state index in [2.05, 4.69) is 15.6 Å². The second-order valence-electron chi connectivity index (χ2n) is 4.39. The highest BCUT2D eigenvalue weighted by molar-refractivity contribution is 5.74. The van der Waals surface area contributed by atoms with Crippen LogP contribution in [0.5, 0.6) is 0 Å². The van der Waals surface area contributed by atoms with Gasteiger partial charge in [0.2, 0.25) is 0 Å². The maximum absolute atomic E-state index is 11.5. The van der Waals surface area contributed by atoms with Crippen molar-refractivity contribution in [1.29, 1.82) is 0 Å². The molecule has 1 unspecified atom stereocenters. The molecule has 0 saturated heterocycles. The maximum Gasteiger partial charge on any atom is 0.314 e. The Labute approximate surface area is 112 Å². The van der Waals surface area contributed by atoms with Gasteiger partial charge in [-0.3, -0.25) is 4.79 Å². The van der Waals surface area contributed by atoms with E-state index in [0.717, 1.165) is 13.0 Å². The SMILES string of the molecule is CC(CCC(=O)O)NC(=O)NCCCn1ccnc1. The lowest BCUT2D eigenvalue weighted by Crippen LogP contribution is -2.41. The zero-order chi connectivity index (χ0) is 14.1. The molecule has 3 N–H and O–H groups in total. The molecular formula is C12H20N4O3. The summed E-state index contributed by atoms with van der Waals surface area (Å²) in [5, 5.41) is 14.0. The number of nitrogens with one attached hydrogen (secondary N) is 2. The average Bonchev–Trinajstić information content (AvgIpc) is 2.85. The number of urea groups is 1. The summed E-state index contributed by atoms with van der Waals surface area (Å²) in [5.41, 5.74) is 0. The predicted octanol–water partition coefficient (Wildman–Crippen LogP) is 0.826. The van der Waals surface area contributed by atoms with Crippen LogP contribution in [0.1, 0.15) is 26.2 Å². The van der Waals surface area contributed by atoms with Crippen molar-refractivity contribution in [2.45, 2.75) is 38.8 Å². The van der Waals surface area contributed by atoms with Gasteiger partial charge in [0.25, 0.3) is 0 Å². The Hall–Kier alpha value is -2.05. The van der Waals surface area contributed by atoms with Crippen LogP contribution in [-0.4, -0.2) is 39.2 Å². The van der Waals surface area contributed by atoms with Crippen LogP contribution in [0, 0.1) is 0 Å². The second kappa shape index (κ2) is 8.12. The standard InChI is InChI=1S/C12H20N4O3/c1-10(3-4-11(17)18)15-12(19)14-5-2-7-16-8-6-13-9-16/h6,8-10H,2-5,7H2,1H3,(H,17,18)(H2,14,15,19). The van der Waals surface area contributed by atoms with Crippen molar-refractivity contribution in [2.24, 2.45) is 0 Å². The van der Waals surface area contributed by atoms with Gasteiger partial charge < -0.3 is 20.3 Å². The number of aromatic nitrogens is 2. The predicted molar refractivity (Wildman–Crippen MR) is 69.7 cm³/mol. The molecule has 0 fully saturated rings. The normalized spacial score (nSPS) is 11.8. The van der Waals surface area contributed by atoms with E-state index in [1.165, 1.54) is 0 Å². The van der Waals surface area contributed by atoms with E-state index in [1.54, 1.807) is 19.4 Å². The Kier molecular flexibility index (Phi) is 6.42. The van der Waals surface area contributed by atoms with Gasteiger partial charge in [-0.05, 0) is 19.8 Å². The second-order valence-corrected chi connectivity index (χ2v) is 4.39. The molecule has 1 aromatic rings. The largest absolute Gasteiger partial charge is 0.481 e. The molecule has 0 radical (unpaired) electrons. The molecule has 0 saturated carbocycles. The highest BCUT2D eigenvalue weighted by atomic mass is 16.4. The van der Waals surface area contributed by atoms with Crippen LogP contribution in [-0.2, 0) is 11.3 Å². The average molecular weight is 268 g/mol. The molecule has 0 aromatic carbocycles. The van der Waals surface area contributed by atoms with Crippen molar-refractivity contribution >= 4 is 12.0 Å². The van der Waals surface area contributed by atoms with Gasteiger partial charge in [0, 0.05) is 37.9 Å². The number of aliphatic carboxylic acids is 1. The molecule has 19 heavy (non-hydrogen) atoms. The zero-order valence-electron chi connectivity index (χ0n) is 11.0. The monoisotopic (exact) mass is 268 g/mol. The van der Waals surface area contributed by atoms with Crippen molar-refractivity contribution in [1.82, 2.24) is 20.2 Å². The number of aryl methyl sites for hydroxylation is 1. The van der Waals surface area contributed by atoms with Gasteiger partial charge in [-0.2, -0.15) is 0 Å². The van der Waals surface area contributed by atoms with Crippen LogP contribution in [0.15, 0.2) is 18.7 Å². The Morgan fingerprint density at radius 1 is 1.47 bits per heavy atom. The number of rotatable bonds is 8. The lowest BCUT2D eigenvalue weighted by Gasteiger charge is -2.13. The van der Waals surface area contributed by atoms with Gasteiger partial charge in [-0.25, -0.2) is 9.78 Å². The molecule has 7 nitrogen and oxygen atoms in total. The summed E-state index contributed by atoms with van der Waals surface area (Å²) in [6, 6.07) is -0.409. The molecule has 1 atom stereocenters. The smallest absolute Gasteiger partial charge is 0.314 e. The summed E-state index contributed by atoms with van der Waals surface area (Å²) in [7, 11) is 0. The molecule has 0 aliphatic heterocycles. The first-order valence-electron chi connectivity index (χ1n) is 6.30. The number of hydrogen-bond donors (Lipinski definition) is 3. The lowest BCUT2D eigenvalue weighted by molar-refractivity contribution is -0.137. The van der Waals surface area contributed by atoms with Crippen molar-refractivity contribution in [2.75, 3.05) is 6.54 Å². The molecule has 0 aliphatic rings. The van der Waals surface area contributed by atoms with Crippen molar-refractivity contribution in [3.8, 4) is 0 Å². The molecule has 1 aromatic heterocycles. The van der Waals surface area contributed by atoms with Gasteiger partial charge in [0.05, 0.1) is 6.33 Å². The van der Waals surface area contributed by atoms with Crippen LogP contribution in [0.2, 0.25) is 0 Å². The van der Waals surface area contributed by atoms with Gasteiger partial charge in [-0.15, -0.1) is 0 Å². The first-order chi connectivity index (χ1) is 9.08. The van der Waals surface area contributed by atoms with E-state index >= 15 is 0 Å². The molecule has 7 heteroatoms. The molecule has 1 rings (SSSR count). The first-order valence-corrected chi connectivity index (χ1v) is 6.30. The zero-order valence-corrected chi connectivity index (χ0v) is 11.0. The van der Waals surface area contributed by atoms with Gasteiger partial charge in [0.1, 0.15) is 0 Å². The number of carboxylic acids is 1. The molecule has 0 spiro atoms. The quantitative estimate of drug-likeness (QED) is 0.608. The number of amides is 2. The highest BCUT2D eigenvalue weighted by Crippen LogP contribution is 1.96. The Morgan fingerprint density at radius 2 is 2.26 bits per heavy atom. The number of carbonyl (C=O) groups is 2. The number of hydrogen-bond acceptors (Lipinski definition) is 3. The molecule has 0 bridgehead atoms. The van der Waals surface area contributed by atoms with Crippen molar-refractivity contribution < 1.29 is 14.7 Å². The third-order valence-corrected chi connectivity index (χ3v) is 2.61. The highest BCUT2D eigenvalue weighted by Gasteiger charge is 2.08. The fraction of sp³-hybridized carbons (Fsp3) is 0.583. The minimum Gasteiger partial charge on any atom is -0.481 e. The summed E-state index contributed by atoms with van der Waals surface area (Å²) in [6.45, 7) is 3.15. The fourth-order valence-corrected chi connectivity index (χ4v) is 1.57. The fourth-order valence-electron chi connectivity index (χ4n) is 1.57. The summed E-state index contributed by atoms with van der Waals surface area (Å²) in [6.07, 6.45) is 6.61. The first kappa shape index (κ1) is 15.0. The van der Waals surface area contributed by atoms with Crippen LogP contribution >= 0.6 is 0 Å². The van der Waals surface area contributed by atoms with E-state index in [9.17, 15) is 9.59 Å². The van der Waals surface area contributed by atoms with E-state index < -0.39 is 5.97 Å². The minimum absolute atomic E-state index is 0.0576. The number of carbonyl (C=O) groups excluding carboxylic acids is 1. The molecule has 106 valence electrons. The van der Waals surface area contributed by atoms with Crippen LogP contribution in [0.4, 0.5) is 4.79 Å².